The molecule has 1 aromatic heterocycles. The first kappa shape index (κ1) is 7.69. The highest BCUT2D eigenvalue weighted by molar-refractivity contribution is 6.17. The summed E-state index contributed by atoms with van der Waals surface area (Å²) in [7, 11) is 0. The average molecular weight is 180 g/mol. The molecule has 1 aromatic carbocycles. The fourth-order valence-corrected chi connectivity index (χ4v) is 1.58. The van der Waals surface area contributed by atoms with Crippen LogP contribution in [0.1, 0.15) is 11.3 Å². The van der Waals surface area contributed by atoms with Gasteiger partial charge in [-0.25, -0.2) is 0 Å². The molecule has 0 spiro atoms. The van der Waals surface area contributed by atoms with Gasteiger partial charge >= 0.3 is 0 Å². The van der Waals surface area contributed by atoms with Crippen LogP contribution in [0.5, 0.6) is 0 Å². The molecule has 62 valence electrons. The van der Waals surface area contributed by atoms with Gasteiger partial charge in [-0.2, -0.15) is 0 Å². The van der Waals surface area contributed by atoms with Crippen molar-refractivity contribution >= 4 is 22.5 Å². The highest BCUT2D eigenvalue weighted by atomic mass is 35.5. The zero-order valence-electron chi connectivity index (χ0n) is 6.89. The first-order valence-electron chi connectivity index (χ1n) is 3.94. The van der Waals surface area contributed by atoms with Gasteiger partial charge in [-0.3, -0.25) is 0 Å². The summed E-state index contributed by atoms with van der Waals surface area (Å²) in [5, 5.41) is 1.27. The number of aromatic nitrogens is 1. The molecule has 0 saturated heterocycles. The predicted octanol–water partition coefficient (Wildman–Crippen LogP) is 3.22. The average Bonchev–Trinajstić information content (AvgIpc) is 2.49. The van der Waals surface area contributed by atoms with Gasteiger partial charge in [0.05, 0.1) is 5.88 Å². The Balaban J connectivity index is 2.74. The molecule has 0 unspecified atom stereocenters. The zero-order valence-corrected chi connectivity index (χ0v) is 7.65. The van der Waals surface area contributed by atoms with Crippen LogP contribution in [0.25, 0.3) is 10.9 Å². The van der Waals surface area contributed by atoms with Crippen LogP contribution in [0.15, 0.2) is 24.3 Å². The lowest BCUT2D eigenvalue weighted by Gasteiger charge is -1.92. The van der Waals surface area contributed by atoms with Gasteiger partial charge in [-0.1, -0.05) is 12.1 Å². The van der Waals surface area contributed by atoms with Gasteiger partial charge in [0.1, 0.15) is 0 Å². The van der Waals surface area contributed by atoms with E-state index >= 15 is 0 Å². The van der Waals surface area contributed by atoms with Crippen molar-refractivity contribution in [3.8, 4) is 0 Å². The van der Waals surface area contributed by atoms with Gasteiger partial charge in [0.15, 0.2) is 0 Å². The van der Waals surface area contributed by atoms with Crippen molar-refractivity contribution in [2.24, 2.45) is 0 Å². The van der Waals surface area contributed by atoms with E-state index in [2.05, 4.69) is 30.1 Å². The maximum Gasteiger partial charge on any atom is 0.0625 e. The molecule has 0 aliphatic rings. The molecule has 1 heterocycles. The van der Waals surface area contributed by atoms with E-state index in [-0.39, 0.29) is 0 Å². The van der Waals surface area contributed by atoms with Crippen LogP contribution in [0.4, 0.5) is 0 Å². The summed E-state index contributed by atoms with van der Waals surface area (Å²) < 4.78 is 0. The minimum absolute atomic E-state index is 0.550. The number of aryl methyl sites for hydroxylation is 1. The normalized spacial score (nSPS) is 10.8. The lowest BCUT2D eigenvalue weighted by molar-refractivity contribution is 1.26. The number of benzene rings is 1. The molecule has 0 radical (unpaired) electrons. The van der Waals surface area contributed by atoms with Crippen LogP contribution in [0.3, 0.4) is 0 Å². The quantitative estimate of drug-likeness (QED) is 0.647. The van der Waals surface area contributed by atoms with Crippen LogP contribution in [-0.2, 0) is 5.88 Å². The Labute approximate surface area is 76.4 Å². The van der Waals surface area contributed by atoms with Gasteiger partial charge in [0, 0.05) is 16.6 Å². The summed E-state index contributed by atoms with van der Waals surface area (Å²) >= 11 is 5.72. The summed E-state index contributed by atoms with van der Waals surface area (Å²) in [5.41, 5.74) is 3.55. The molecule has 0 saturated carbocycles. The molecule has 2 rings (SSSR count). The highest BCUT2D eigenvalue weighted by Gasteiger charge is 2.00. The number of hydrogen-bond acceptors (Lipinski definition) is 0. The van der Waals surface area contributed by atoms with E-state index in [9.17, 15) is 0 Å². The van der Waals surface area contributed by atoms with Crippen molar-refractivity contribution in [3.63, 3.8) is 0 Å². The molecule has 2 heteroatoms. The molecular weight excluding hydrogens is 170 g/mol. The third kappa shape index (κ3) is 1.10. The molecule has 1 N–H and O–H groups in total. The van der Waals surface area contributed by atoms with Crippen molar-refractivity contribution < 1.29 is 0 Å². The predicted molar refractivity (Wildman–Crippen MR) is 52.6 cm³/mol. The minimum atomic E-state index is 0.550. The van der Waals surface area contributed by atoms with Crippen LogP contribution in [0, 0.1) is 6.92 Å². The zero-order chi connectivity index (χ0) is 8.55. The van der Waals surface area contributed by atoms with Gasteiger partial charge in [0.2, 0.25) is 0 Å². The smallest absolute Gasteiger partial charge is 0.0625 e. The maximum absolute atomic E-state index is 5.72. The van der Waals surface area contributed by atoms with E-state index in [0.29, 0.717) is 5.88 Å². The van der Waals surface area contributed by atoms with Crippen LogP contribution in [0.2, 0.25) is 0 Å². The lowest BCUT2D eigenvalue weighted by Crippen LogP contribution is -1.73. The highest BCUT2D eigenvalue weighted by Crippen LogP contribution is 2.19. The van der Waals surface area contributed by atoms with Crippen molar-refractivity contribution in [1.82, 2.24) is 4.98 Å². The number of nitrogens with one attached hydrogen (secondary N) is 1. The Morgan fingerprint density at radius 2 is 2.25 bits per heavy atom. The second kappa shape index (κ2) is 2.83. The van der Waals surface area contributed by atoms with Crippen molar-refractivity contribution in [2.75, 3.05) is 0 Å². The number of aromatic amines is 1. The van der Waals surface area contributed by atoms with Crippen molar-refractivity contribution in [2.45, 2.75) is 12.8 Å². The van der Waals surface area contributed by atoms with E-state index in [1.807, 2.05) is 6.07 Å². The molecular formula is C10H10ClN. The summed E-state index contributed by atoms with van der Waals surface area (Å²) in [6, 6.07) is 8.33. The number of halogens is 1. The third-order valence-electron chi connectivity index (χ3n) is 2.08. The topological polar surface area (TPSA) is 15.8 Å². The minimum Gasteiger partial charge on any atom is -0.357 e. The summed E-state index contributed by atoms with van der Waals surface area (Å²) in [6.45, 7) is 2.11. The van der Waals surface area contributed by atoms with Gasteiger partial charge < -0.3 is 4.98 Å². The molecule has 0 fully saturated rings. The van der Waals surface area contributed by atoms with Crippen LogP contribution < -0.4 is 0 Å². The first-order chi connectivity index (χ1) is 5.81. The number of rotatable bonds is 1. The molecule has 0 aliphatic carbocycles. The van der Waals surface area contributed by atoms with Crippen molar-refractivity contribution in [1.29, 1.82) is 0 Å². The second-order valence-electron chi connectivity index (χ2n) is 2.96. The van der Waals surface area contributed by atoms with Gasteiger partial charge in [-0.15, -0.1) is 11.6 Å². The molecule has 0 bridgehead atoms. The molecule has 0 amide bonds. The molecule has 12 heavy (non-hydrogen) atoms. The van der Waals surface area contributed by atoms with E-state index in [1.165, 1.54) is 16.5 Å². The summed E-state index contributed by atoms with van der Waals surface area (Å²) in [4.78, 5) is 3.25. The second-order valence-corrected chi connectivity index (χ2v) is 3.23. The van der Waals surface area contributed by atoms with Gasteiger partial charge in [0.25, 0.3) is 0 Å². The first-order valence-corrected chi connectivity index (χ1v) is 4.48. The van der Waals surface area contributed by atoms with Crippen molar-refractivity contribution in [3.05, 3.63) is 35.5 Å². The number of alkyl halides is 1. The molecule has 1 nitrogen and oxygen atoms in total. The number of fused-ring (bicyclic) bond motifs is 1. The van der Waals surface area contributed by atoms with E-state index in [1.54, 1.807) is 0 Å². The SMILES string of the molecule is Cc1cccc2[nH]c(CCl)cc12. The van der Waals surface area contributed by atoms with E-state index in [0.717, 1.165) is 5.69 Å². The monoisotopic (exact) mass is 179 g/mol. The maximum atomic E-state index is 5.72. The fraction of sp³-hybridized carbons (Fsp3) is 0.200. The van der Waals surface area contributed by atoms with Crippen LogP contribution >= 0.6 is 11.6 Å². The summed E-state index contributed by atoms with van der Waals surface area (Å²) in [6.07, 6.45) is 0. The van der Waals surface area contributed by atoms with E-state index in [4.69, 9.17) is 11.6 Å². The fourth-order valence-electron chi connectivity index (χ4n) is 1.44. The number of hydrogen-bond donors (Lipinski definition) is 1. The number of H-pyrrole nitrogens is 1. The molecule has 0 aliphatic heterocycles. The Kier molecular flexibility index (Phi) is 1.81. The molecule has 0 atom stereocenters. The van der Waals surface area contributed by atoms with E-state index < -0.39 is 0 Å². The molecule has 2 aromatic rings. The Bertz CT molecular complexity index is 403. The van der Waals surface area contributed by atoms with Crippen LogP contribution in [-0.4, -0.2) is 4.98 Å². The van der Waals surface area contributed by atoms with Gasteiger partial charge in [-0.05, 0) is 24.6 Å². The Morgan fingerprint density at radius 3 is 2.92 bits per heavy atom. The largest absolute Gasteiger partial charge is 0.357 e. The third-order valence-corrected chi connectivity index (χ3v) is 2.37. The summed E-state index contributed by atoms with van der Waals surface area (Å²) in [5.74, 6) is 0.550. The lowest BCUT2D eigenvalue weighted by atomic mass is 10.1. The Hall–Kier alpha value is -0.950. The Morgan fingerprint density at radius 1 is 1.42 bits per heavy atom. The standard InChI is InChI=1S/C10H10ClN/c1-7-3-2-4-10-9(7)5-8(6-11)12-10/h2-5,12H,6H2,1H3.